The summed E-state index contributed by atoms with van der Waals surface area (Å²) in [4.78, 5) is 12.2. The fourth-order valence-electron chi connectivity index (χ4n) is 4.15. The van der Waals surface area contributed by atoms with E-state index in [9.17, 15) is 4.79 Å². The second-order valence-corrected chi connectivity index (χ2v) is 8.64. The highest BCUT2D eigenvalue weighted by Crippen LogP contribution is 2.28. The number of ether oxygens (including phenoxy) is 3. The van der Waals surface area contributed by atoms with Crippen molar-refractivity contribution in [3.05, 3.63) is 95.8 Å². The van der Waals surface area contributed by atoms with E-state index in [1.807, 2.05) is 55.1 Å². The smallest absolute Gasteiger partial charge is 0.308 e. The van der Waals surface area contributed by atoms with Gasteiger partial charge in [-0.25, -0.2) is 0 Å². The third-order valence-electron chi connectivity index (χ3n) is 6.07. The zero-order chi connectivity index (χ0) is 24.6. The topological polar surface area (TPSA) is 62.6 Å². The highest BCUT2D eigenvalue weighted by molar-refractivity contribution is 5.83. The Hall–Kier alpha value is -3.64. The fraction of sp³-hybridized carbons (Fsp3) is 0.310. The third-order valence-corrected chi connectivity index (χ3v) is 6.07. The van der Waals surface area contributed by atoms with Gasteiger partial charge in [0.15, 0.2) is 0 Å². The molecular formula is C29H32N2O4. The van der Waals surface area contributed by atoms with E-state index in [4.69, 9.17) is 14.2 Å². The van der Waals surface area contributed by atoms with Crippen LogP contribution in [-0.2, 0) is 27.2 Å². The Bertz CT molecular complexity index is 1250. The van der Waals surface area contributed by atoms with Crippen molar-refractivity contribution in [2.45, 2.75) is 32.9 Å². The molecule has 0 saturated heterocycles. The number of methoxy groups -OCH3 is 1. The summed E-state index contributed by atoms with van der Waals surface area (Å²) in [6, 6.07) is 22.6. The van der Waals surface area contributed by atoms with Gasteiger partial charge in [-0.2, -0.15) is 5.10 Å². The third kappa shape index (κ3) is 6.28. The molecule has 6 heteroatoms. The van der Waals surface area contributed by atoms with Crippen molar-refractivity contribution in [1.29, 1.82) is 0 Å². The van der Waals surface area contributed by atoms with E-state index in [-0.39, 0.29) is 18.0 Å². The Morgan fingerprint density at radius 3 is 2.60 bits per heavy atom. The van der Waals surface area contributed by atoms with Crippen LogP contribution in [0.5, 0.6) is 5.75 Å². The Kier molecular flexibility index (Phi) is 8.16. The molecule has 1 heterocycles. The highest BCUT2D eigenvalue weighted by Gasteiger charge is 2.19. The number of esters is 1. The van der Waals surface area contributed by atoms with E-state index >= 15 is 0 Å². The first-order valence-corrected chi connectivity index (χ1v) is 12.0. The summed E-state index contributed by atoms with van der Waals surface area (Å²) in [5.74, 6) is 0.270. The first-order valence-electron chi connectivity index (χ1n) is 12.0. The molecule has 4 aromatic rings. The number of nitrogens with zero attached hydrogens (tertiary/aromatic N) is 2. The first-order chi connectivity index (χ1) is 17.1. The summed E-state index contributed by atoms with van der Waals surface area (Å²) >= 11 is 0. The maximum absolute atomic E-state index is 12.2. The quantitative estimate of drug-likeness (QED) is 0.266. The van der Waals surface area contributed by atoms with Gasteiger partial charge in [0.25, 0.3) is 0 Å². The van der Waals surface area contributed by atoms with Crippen molar-refractivity contribution in [1.82, 2.24) is 9.78 Å². The van der Waals surface area contributed by atoms with E-state index < -0.39 is 0 Å². The molecule has 0 aliphatic heterocycles. The fourth-order valence-corrected chi connectivity index (χ4v) is 4.15. The molecule has 0 N–H and O–H groups in total. The molecule has 0 bridgehead atoms. The molecular weight excluding hydrogens is 440 g/mol. The Morgan fingerprint density at radius 2 is 1.86 bits per heavy atom. The number of fused-ring (bicyclic) bond motifs is 1. The summed E-state index contributed by atoms with van der Waals surface area (Å²) in [5, 5.41) is 6.65. The molecule has 0 aliphatic rings. The minimum Gasteiger partial charge on any atom is -0.490 e. The zero-order valence-corrected chi connectivity index (χ0v) is 20.5. The highest BCUT2D eigenvalue weighted by atomic mass is 16.5. The van der Waals surface area contributed by atoms with Crippen molar-refractivity contribution >= 4 is 16.7 Å². The molecule has 3 aromatic carbocycles. The molecule has 0 fully saturated rings. The van der Waals surface area contributed by atoms with Crippen molar-refractivity contribution < 1.29 is 19.0 Å². The molecule has 0 spiro atoms. The molecule has 1 aromatic heterocycles. The lowest BCUT2D eigenvalue weighted by Gasteiger charge is -2.20. The van der Waals surface area contributed by atoms with Crippen LogP contribution in [0.2, 0.25) is 0 Å². The van der Waals surface area contributed by atoms with E-state index in [0.717, 1.165) is 27.8 Å². The second-order valence-electron chi connectivity index (χ2n) is 8.64. The molecule has 0 radical (unpaired) electrons. The van der Waals surface area contributed by atoms with Gasteiger partial charge >= 0.3 is 5.97 Å². The maximum atomic E-state index is 12.2. The molecule has 2 atom stereocenters. The molecule has 35 heavy (non-hydrogen) atoms. The van der Waals surface area contributed by atoms with Crippen LogP contribution < -0.4 is 4.74 Å². The van der Waals surface area contributed by atoms with E-state index in [0.29, 0.717) is 26.2 Å². The summed E-state index contributed by atoms with van der Waals surface area (Å²) < 4.78 is 19.2. The predicted octanol–water partition coefficient (Wildman–Crippen LogP) is 5.59. The molecule has 4 rings (SSSR count). The van der Waals surface area contributed by atoms with Crippen molar-refractivity contribution in [2.24, 2.45) is 5.92 Å². The van der Waals surface area contributed by atoms with Gasteiger partial charge in [-0.15, -0.1) is 0 Å². The molecule has 182 valence electrons. The Morgan fingerprint density at radius 1 is 1.03 bits per heavy atom. The number of carbonyl (C=O) groups excluding carboxylic acids is 1. The van der Waals surface area contributed by atoms with Gasteiger partial charge in [0.05, 0.1) is 19.1 Å². The number of rotatable bonds is 11. The van der Waals surface area contributed by atoms with Crippen LogP contribution in [0, 0.1) is 5.92 Å². The Balaban J connectivity index is 1.55. The number of hydrogen-bond acceptors (Lipinski definition) is 5. The molecule has 6 nitrogen and oxygen atoms in total. The molecule has 2 unspecified atom stereocenters. The minimum absolute atomic E-state index is 0.204. The molecule has 0 amide bonds. The summed E-state index contributed by atoms with van der Waals surface area (Å²) in [7, 11) is 1.70. The van der Waals surface area contributed by atoms with Crippen molar-refractivity contribution in [3.8, 4) is 5.75 Å². The SMILES string of the molecule is CCOC(=O)C(C)Cc1ccc(Cn2cccn2)cc1OCC(OC)c1ccc2ccccc2c1. The summed E-state index contributed by atoms with van der Waals surface area (Å²) in [6.45, 7) is 5.06. The number of hydrogen-bond donors (Lipinski definition) is 0. The number of carbonyl (C=O) groups is 1. The number of benzene rings is 3. The number of aromatic nitrogens is 2. The average molecular weight is 473 g/mol. The largest absolute Gasteiger partial charge is 0.490 e. The molecule has 0 aliphatic carbocycles. The van der Waals surface area contributed by atoms with Crippen LogP contribution in [0.3, 0.4) is 0 Å². The first kappa shape index (κ1) is 24.5. The minimum atomic E-state index is -0.270. The second kappa shape index (κ2) is 11.7. The summed E-state index contributed by atoms with van der Waals surface area (Å²) in [6.07, 6.45) is 3.99. The van der Waals surface area contributed by atoms with Crippen LogP contribution >= 0.6 is 0 Å². The van der Waals surface area contributed by atoms with Crippen molar-refractivity contribution in [2.75, 3.05) is 20.3 Å². The van der Waals surface area contributed by atoms with Crippen LogP contribution in [0.1, 0.15) is 36.6 Å². The lowest BCUT2D eigenvalue weighted by Crippen LogP contribution is -2.18. The molecule has 0 saturated carbocycles. The van der Waals surface area contributed by atoms with Crippen LogP contribution in [0.25, 0.3) is 10.8 Å². The van der Waals surface area contributed by atoms with Gasteiger partial charge in [0.1, 0.15) is 18.5 Å². The Labute approximate surface area is 206 Å². The van der Waals surface area contributed by atoms with Gasteiger partial charge in [-0.3, -0.25) is 9.48 Å². The van der Waals surface area contributed by atoms with Crippen LogP contribution in [0.4, 0.5) is 0 Å². The van der Waals surface area contributed by atoms with Gasteiger partial charge < -0.3 is 14.2 Å². The lowest BCUT2D eigenvalue weighted by molar-refractivity contribution is -0.147. The van der Waals surface area contributed by atoms with Gasteiger partial charge in [-0.1, -0.05) is 55.5 Å². The lowest BCUT2D eigenvalue weighted by atomic mass is 9.99. The zero-order valence-electron chi connectivity index (χ0n) is 20.5. The van der Waals surface area contributed by atoms with E-state index in [1.54, 1.807) is 13.3 Å². The van der Waals surface area contributed by atoms with Gasteiger partial charge in [0.2, 0.25) is 0 Å². The summed E-state index contributed by atoms with van der Waals surface area (Å²) in [5.41, 5.74) is 3.08. The predicted molar refractivity (Wildman–Crippen MR) is 136 cm³/mol. The van der Waals surface area contributed by atoms with E-state index in [1.165, 1.54) is 5.39 Å². The van der Waals surface area contributed by atoms with Gasteiger partial charge in [-0.05, 0) is 59.0 Å². The van der Waals surface area contributed by atoms with Gasteiger partial charge in [0, 0.05) is 19.5 Å². The standard InChI is InChI=1S/C29H32N2O4/c1-4-34-29(32)21(2)16-25-11-10-22(19-31-15-7-14-30-31)17-27(25)35-20-28(33-3)26-13-12-23-8-5-6-9-24(23)18-26/h5-15,17-18,21,28H,4,16,19-20H2,1-3H3. The van der Waals surface area contributed by atoms with Crippen LogP contribution in [0.15, 0.2) is 79.1 Å². The average Bonchev–Trinajstić information content (AvgIpc) is 3.39. The van der Waals surface area contributed by atoms with Crippen LogP contribution in [-0.4, -0.2) is 36.1 Å². The normalized spacial score (nSPS) is 12.9. The van der Waals surface area contributed by atoms with E-state index in [2.05, 4.69) is 41.5 Å². The monoisotopic (exact) mass is 472 g/mol. The van der Waals surface area contributed by atoms with Crippen molar-refractivity contribution in [3.63, 3.8) is 0 Å². The maximum Gasteiger partial charge on any atom is 0.308 e.